The second kappa shape index (κ2) is 6.21. The Balaban J connectivity index is 2.93. The predicted octanol–water partition coefficient (Wildman–Crippen LogP) is 1.35. The van der Waals surface area contributed by atoms with Crippen LogP contribution in [0.1, 0.15) is 18.1 Å². The summed E-state index contributed by atoms with van der Waals surface area (Å²) in [4.78, 5) is 21.9. The maximum atomic E-state index is 11.4. The fraction of sp³-hybridized carbons (Fsp3) is 0.154. The smallest absolute Gasteiger partial charge is 0.319 e. The van der Waals surface area contributed by atoms with Crippen LogP contribution in [0.25, 0.3) is 6.08 Å². The molecule has 5 nitrogen and oxygen atoms in total. The number of benzene rings is 1. The molecule has 0 saturated carbocycles. The molecule has 1 aromatic rings. The number of primary amides is 1. The molecule has 0 aliphatic heterocycles. The Labute approximate surface area is 105 Å². The molecule has 5 heteroatoms. The molecule has 1 aromatic carbocycles. The molecule has 0 radical (unpaired) electrons. The quantitative estimate of drug-likeness (QED) is 0.619. The Morgan fingerprint density at radius 1 is 1.39 bits per heavy atom. The van der Waals surface area contributed by atoms with Gasteiger partial charge in [-0.05, 0) is 23.6 Å². The van der Waals surface area contributed by atoms with E-state index in [0.717, 1.165) is 12.0 Å². The van der Waals surface area contributed by atoms with Crippen molar-refractivity contribution in [2.24, 2.45) is 5.73 Å². The minimum Gasteiger partial charge on any atom is -0.351 e. The first-order valence-corrected chi connectivity index (χ1v) is 5.38. The lowest BCUT2D eigenvalue weighted by atomic mass is 10.1. The Morgan fingerprint density at radius 3 is 2.44 bits per heavy atom. The summed E-state index contributed by atoms with van der Waals surface area (Å²) in [6.45, 7) is 2.03. The van der Waals surface area contributed by atoms with Gasteiger partial charge in [-0.2, -0.15) is 5.26 Å². The molecule has 0 unspecified atom stereocenters. The minimum atomic E-state index is -0.984. The van der Waals surface area contributed by atoms with Gasteiger partial charge in [0.2, 0.25) is 0 Å². The molecule has 0 bridgehead atoms. The lowest BCUT2D eigenvalue weighted by molar-refractivity contribution is -0.115. The number of nitriles is 1. The monoisotopic (exact) mass is 243 g/mol. The number of urea groups is 1. The molecule has 0 fully saturated rings. The molecule has 0 heterocycles. The fourth-order valence-corrected chi connectivity index (χ4v) is 1.34. The zero-order valence-electron chi connectivity index (χ0n) is 9.93. The van der Waals surface area contributed by atoms with Gasteiger partial charge in [-0.25, -0.2) is 4.79 Å². The molecule has 0 atom stereocenters. The molecule has 92 valence electrons. The van der Waals surface area contributed by atoms with Gasteiger partial charge in [0.1, 0.15) is 11.6 Å². The maximum Gasteiger partial charge on any atom is 0.319 e. The van der Waals surface area contributed by atoms with E-state index in [4.69, 9.17) is 11.0 Å². The summed E-state index contributed by atoms with van der Waals surface area (Å²) in [7, 11) is 0. The molecular formula is C13H13N3O2. The van der Waals surface area contributed by atoms with Gasteiger partial charge in [0.05, 0.1) is 0 Å². The lowest BCUT2D eigenvalue weighted by Gasteiger charge is -2.00. The molecule has 3 amide bonds. The summed E-state index contributed by atoms with van der Waals surface area (Å²) in [6.07, 6.45) is 2.31. The van der Waals surface area contributed by atoms with Crippen molar-refractivity contribution >= 4 is 18.0 Å². The van der Waals surface area contributed by atoms with E-state index in [1.165, 1.54) is 6.08 Å². The zero-order valence-corrected chi connectivity index (χ0v) is 9.93. The van der Waals surface area contributed by atoms with Gasteiger partial charge in [0.15, 0.2) is 0 Å². The van der Waals surface area contributed by atoms with Crippen LogP contribution in [-0.2, 0) is 11.2 Å². The number of carbonyl (C=O) groups excluding carboxylic acids is 2. The van der Waals surface area contributed by atoms with Crippen LogP contribution in [0.15, 0.2) is 29.8 Å². The van der Waals surface area contributed by atoms with E-state index < -0.39 is 11.9 Å². The van der Waals surface area contributed by atoms with E-state index >= 15 is 0 Å². The number of imide groups is 1. The van der Waals surface area contributed by atoms with Crippen LogP contribution in [-0.4, -0.2) is 11.9 Å². The minimum absolute atomic E-state index is 0.168. The van der Waals surface area contributed by atoms with Gasteiger partial charge < -0.3 is 5.73 Å². The number of amides is 3. The molecule has 0 saturated heterocycles. The topological polar surface area (TPSA) is 96.0 Å². The molecular weight excluding hydrogens is 230 g/mol. The van der Waals surface area contributed by atoms with E-state index in [9.17, 15) is 9.59 Å². The van der Waals surface area contributed by atoms with Gasteiger partial charge >= 0.3 is 6.03 Å². The molecule has 1 rings (SSSR count). The number of nitrogens with zero attached hydrogens (tertiary/aromatic N) is 1. The number of hydrogen-bond acceptors (Lipinski definition) is 3. The largest absolute Gasteiger partial charge is 0.351 e. The van der Waals surface area contributed by atoms with E-state index in [0.29, 0.717) is 5.56 Å². The van der Waals surface area contributed by atoms with Crippen molar-refractivity contribution in [2.75, 3.05) is 0 Å². The van der Waals surface area contributed by atoms with Crippen molar-refractivity contribution in [3.05, 3.63) is 41.0 Å². The van der Waals surface area contributed by atoms with Crippen molar-refractivity contribution in [2.45, 2.75) is 13.3 Å². The van der Waals surface area contributed by atoms with Crippen LogP contribution < -0.4 is 11.1 Å². The Bertz CT molecular complexity index is 524. The standard InChI is InChI=1S/C13H13N3O2/c1-2-9-3-5-10(6-4-9)7-11(8-14)12(17)16-13(15)18/h3-7H,2H2,1H3,(H3,15,16,17,18)/b11-7-. The third kappa shape index (κ3) is 3.76. The maximum absolute atomic E-state index is 11.4. The van der Waals surface area contributed by atoms with Gasteiger partial charge in [0.25, 0.3) is 5.91 Å². The molecule has 18 heavy (non-hydrogen) atoms. The average Bonchev–Trinajstić information content (AvgIpc) is 2.35. The third-order valence-electron chi connectivity index (χ3n) is 2.30. The number of carbonyl (C=O) groups is 2. The predicted molar refractivity (Wildman–Crippen MR) is 67.1 cm³/mol. The number of nitrogens with one attached hydrogen (secondary N) is 1. The van der Waals surface area contributed by atoms with E-state index in [1.54, 1.807) is 18.2 Å². The van der Waals surface area contributed by atoms with Gasteiger partial charge in [-0.15, -0.1) is 0 Å². The summed E-state index contributed by atoms with van der Waals surface area (Å²) < 4.78 is 0. The average molecular weight is 243 g/mol. The van der Waals surface area contributed by atoms with Crippen molar-refractivity contribution in [3.8, 4) is 6.07 Å². The highest BCUT2D eigenvalue weighted by Crippen LogP contribution is 2.09. The third-order valence-corrected chi connectivity index (χ3v) is 2.30. The van der Waals surface area contributed by atoms with E-state index in [1.807, 2.05) is 24.4 Å². The van der Waals surface area contributed by atoms with Crippen LogP contribution in [0.4, 0.5) is 4.79 Å². The summed E-state index contributed by atoms with van der Waals surface area (Å²) in [5.41, 5.74) is 6.51. The van der Waals surface area contributed by atoms with E-state index in [-0.39, 0.29) is 5.57 Å². The number of rotatable bonds is 3. The van der Waals surface area contributed by atoms with Crippen molar-refractivity contribution in [3.63, 3.8) is 0 Å². The van der Waals surface area contributed by atoms with E-state index in [2.05, 4.69) is 0 Å². The molecule has 3 N–H and O–H groups in total. The normalized spacial score (nSPS) is 10.6. The fourth-order valence-electron chi connectivity index (χ4n) is 1.34. The lowest BCUT2D eigenvalue weighted by Crippen LogP contribution is -2.35. The van der Waals surface area contributed by atoms with Crippen LogP contribution in [0, 0.1) is 11.3 Å². The molecule has 0 aromatic heterocycles. The SMILES string of the molecule is CCc1ccc(/C=C(/C#N)C(=O)NC(N)=O)cc1. The van der Waals surface area contributed by atoms with Gasteiger partial charge in [0, 0.05) is 0 Å². The van der Waals surface area contributed by atoms with Crippen LogP contribution in [0.3, 0.4) is 0 Å². The van der Waals surface area contributed by atoms with Crippen molar-refractivity contribution in [1.29, 1.82) is 5.26 Å². The number of aryl methyl sites for hydroxylation is 1. The van der Waals surface area contributed by atoms with Gasteiger partial charge in [-0.3, -0.25) is 10.1 Å². The van der Waals surface area contributed by atoms with Crippen molar-refractivity contribution in [1.82, 2.24) is 5.32 Å². The van der Waals surface area contributed by atoms with Gasteiger partial charge in [-0.1, -0.05) is 31.2 Å². The summed E-state index contributed by atoms with van der Waals surface area (Å²) in [6, 6.07) is 8.16. The summed E-state index contributed by atoms with van der Waals surface area (Å²) in [5.74, 6) is -0.801. The van der Waals surface area contributed by atoms with Crippen LogP contribution in [0.2, 0.25) is 0 Å². The second-order valence-corrected chi connectivity index (χ2v) is 3.58. The molecule has 0 spiro atoms. The summed E-state index contributed by atoms with van der Waals surface area (Å²) in [5, 5.41) is 10.7. The highest BCUT2D eigenvalue weighted by Gasteiger charge is 2.10. The van der Waals surface area contributed by atoms with Crippen LogP contribution in [0.5, 0.6) is 0 Å². The zero-order chi connectivity index (χ0) is 13.5. The highest BCUT2D eigenvalue weighted by molar-refractivity contribution is 6.08. The second-order valence-electron chi connectivity index (χ2n) is 3.58. The van der Waals surface area contributed by atoms with Crippen LogP contribution >= 0.6 is 0 Å². The molecule has 0 aliphatic carbocycles. The number of hydrogen-bond donors (Lipinski definition) is 2. The first-order chi connectivity index (χ1) is 8.56. The Kier molecular flexibility index (Phi) is 4.64. The molecule has 0 aliphatic rings. The van der Waals surface area contributed by atoms with Crippen molar-refractivity contribution < 1.29 is 9.59 Å². The Hall–Kier alpha value is -2.61. The first-order valence-electron chi connectivity index (χ1n) is 5.38. The first kappa shape index (κ1) is 13.5. The highest BCUT2D eigenvalue weighted by atomic mass is 16.2. The summed E-state index contributed by atoms with van der Waals surface area (Å²) >= 11 is 0. The number of nitrogens with two attached hydrogens (primary N) is 1. The Morgan fingerprint density at radius 2 is 2.00 bits per heavy atom.